The van der Waals surface area contributed by atoms with Gasteiger partial charge in [-0.3, -0.25) is 0 Å². The average Bonchev–Trinajstić information content (AvgIpc) is 0.811. The molecule has 0 atom stereocenters. The molecule has 0 aliphatic heterocycles. The molecule has 0 amide bonds. The van der Waals surface area contributed by atoms with E-state index in [0.717, 1.165) is 0 Å². The fourth-order valence-electron chi connectivity index (χ4n) is 0. The standard InChI is InChI=1S/CH2O3.5K.5H/c2-1(3)4;;;;;;;;;;/h(H2,2,3,4);;;;;;;;;;/q;5*+1;5*-1. The summed E-state index contributed by atoms with van der Waals surface area (Å²) in [6.07, 6.45) is -1.83. The Balaban J connectivity index is -0.000000001000. The third-order valence-corrected chi connectivity index (χ3v) is 0. The summed E-state index contributed by atoms with van der Waals surface area (Å²) in [6, 6.07) is 0. The zero-order chi connectivity index (χ0) is 3.58. The number of hydrogen-bond donors (Lipinski definition) is 2. The molecule has 0 fully saturated rings. The molecule has 0 aromatic carbocycles. The maximum Gasteiger partial charge on any atom is 1.00 e. The molecule has 0 saturated carbocycles. The van der Waals surface area contributed by atoms with Gasteiger partial charge in [0.2, 0.25) is 0 Å². The van der Waals surface area contributed by atoms with Gasteiger partial charge < -0.3 is 17.3 Å². The molecule has 0 spiro atoms. The Hall–Kier alpha value is 7.45. The SMILES string of the molecule is O=C(O)O.[H-].[H-].[H-].[H-].[H-].[K+].[K+].[K+].[K+].[K+]. The second-order valence-electron chi connectivity index (χ2n) is 0.283. The van der Waals surface area contributed by atoms with Gasteiger partial charge in [0.05, 0.1) is 0 Å². The molecule has 8 heteroatoms. The predicted octanol–water partition coefficient (Wildman–Crippen LogP) is -14.2. The van der Waals surface area contributed by atoms with Crippen LogP contribution >= 0.6 is 0 Å². The quantitative estimate of drug-likeness (QED) is 0.426. The van der Waals surface area contributed by atoms with Crippen molar-refractivity contribution < 1.29 is 279 Å². The second-order valence-corrected chi connectivity index (χ2v) is 0.283. The van der Waals surface area contributed by atoms with Crippen LogP contribution < -0.4 is 257 Å². The monoisotopic (exact) mass is 262 g/mol. The molecule has 0 radical (unpaired) electrons. The minimum atomic E-state index is -1.83. The maximum atomic E-state index is 8.56. The van der Waals surface area contributed by atoms with Crippen molar-refractivity contribution in [3.05, 3.63) is 0 Å². The summed E-state index contributed by atoms with van der Waals surface area (Å²) in [6.45, 7) is 0. The Morgan fingerprint density at radius 1 is 0.889 bits per heavy atom. The Morgan fingerprint density at radius 2 is 0.889 bits per heavy atom. The van der Waals surface area contributed by atoms with E-state index in [1.165, 1.54) is 0 Å². The largest absolute Gasteiger partial charge is 1.00 e. The summed E-state index contributed by atoms with van der Waals surface area (Å²) in [5.41, 5.74) is 0. The first-order chi connectivity index (χ1) is 1.73. The summed E-state index contributed by atoms with van der Waals surface area (Å²) in [5.74, 6) is 0. The van der Waals surface area contributed by atoms with Crippen molar-refractivity contribution >= 4 is 6.16 Å². The van der Waals surface area contributed by atoms with Gasteiger partial charge in [0, 0.05) is 0 Å². The van der Waals surface area contributed by atoms with E-state index in [4.69, 9.17) is 15.0 Å². The Kier molecular flexibility index (Phi) is 118. The van der Waals surface area contributed by atoms with Crippen LogP contribution in [0, 0.1) is 0 Å². The van der Waals surface area contributed by atoms with Gasteiger partial charge in [0.25, 0.3) is 0 Å². The Bertz CT molecular complexity index is 48.3. The normalized spacial score (nSPS) is 2.67. The summed E-state index contributed by atoms with van der Waals surface area (Å²) in [5, 5.41) is 13.9. The smallest absolute Gasteiger partial charge is 1.00 e. The van der Waals surface area contributed by atoms with Gasteiger partial charge in [0.15, 0.2) is 0 Å². The zero-order valence-electron chi connectivity index (χ0n) is 11.8. The third-order valence-electron chi connectivity index (χ3n) is 0. The van der Waals surface area contributed by atoms with Crippen molar-refractivity contribution in [3.8, 4) is 0 Å². The van der Waals surface area contributed by atoms with E-state index < -0.39 is 6.16 Å². The number of carboxylic acid groups (broad SMARTS) is 2. The van der Waals surface area contributed by atoms with E-state index >= 15 is 0 Å². The van der Waals surface area contributed by atoms with Gasteiger partial charge in [0.1, 0.15) is 0 Å². The van der Waals surface area contributed by atoms with Crippen molar-refractivity contribution in [1.29, 1.82) is 0 Å². The maximum absolute atomic E-state index is 8.56. The molecule has 34 valence electrons. The molecule has 0 aromatic rings. The second kappa shape index (κ2) is 29.5. The van der Waals surface area contributed by atoms with E-state index in [0.29, 0.717) is 0 Å². The van der Waals surface area contributed by atoms with Crippen LogP contribution in [0.2, 0.25) is 0 Å². The van der Waals surface area contributed by atoms with Gasteiger partial charge in [-0.25, -0.2) is 4.79 Å². The summed E-state index contributed by atoms with van der Waals surface area (Å²) in [7, 11) is 0. The van der Waals surface area contributed by atoms with Gasteiger partial charge in [-0.2, -0.15) is 0 Å². The van der Waals surface area contributed by atoms with Crippen LogP contribution in [0.4, 0.5) is 4.79 Å². The number of hydrogen-bond acceptors (Lipinski definition) is 1. The first-order valence-electron chi connectivity index (χ1n) is 0.651. The van der Waals surface area contributed by atoms with Crippen molar-refractivity contribution in [3.63, 3.8) is 0 Å². The van der Waals surface area contributed by atoms with Crippen molar-refractivity contribution in [2.75, 3.05) is 0 Å². The first-order valence-corrected chi connectivity index (χ1v) is 0.651. The summed E-state index contributed by atoms with van der Waals surface area (Å²) in [4.78, 5) is 8.56. The molecule has 0 aliphatic carbocycles. The van der Waals surface area contributed by atoms with Crippen LogP contribution in [-0.2, 0) is 0 Å². The molecule has 3 nitrogen and oxygen atoms in total. The van der Waals surface area contributed by atoms with Gasteiger partial charge >= 0.3 is 263 Å². The Labute approximate surface area is 275 Å². The van der Waals surface area contributed by atoms with E-state index in [1.54, 1.807) is 0 Å². The summed E-state index contributed by atoms with van der Waals surface area (Å²) < 4.78 is 0. The summed E-state index contributed by atoms with van der Waals surface area (Å²) >= 11 is 0. The number of rotatable bonds is 0. The van der Waals surface area contributed by atoms with E-state index in [2.05, 4.69) is 0 Å². The van der Waals surface area contributed by atoms with E-state index in [-0.39, 0.29) is 264 Å². The molecule has 0 heterocycles. The number of carbonyl (C=O) groups is 1. The van der Waals surface area contributed by atoms with Crippen LogP contribution in [0.25, 0.3) is 0 Å². The van der Waals surface area contributed by atoms with Crippen molar-refractivity contribution in [1.82, 2.24) is 0 Å². The fraction of sp³-hybridized carbons (Fsp3) is 0. The van der Waals surface area contributed by atoms with Gasteiger partial charge in [-0.15, -0.1) is 0 Å². The molecule has 2 N–H and O–H groups in total. The van der Waals surface area contributed by atoms with Crippen molar-refractivity contribution in [2.24, 2.45) is 0 Å². The zero-order valence-corrected chi connectivity index (χ0v) is 22.4. The minimum Gasteiger partial charge on any atom is -1.00 e. The molecular weight excluding hydrogens is 255 g/mol. The fourth-order valence-corrected chi connectivity index (χ4v) is 0. The molecule has 0 rings (SSSR count). The van der Waals surface area contributed by atoms with E-state index in [9.17, 15) is 0 Å². The van der Waals surface area contributed by atoms with E-state index in [1.807, 2.05) is 0 Å². The van der Waals surface area contributed by atoms with Crippen LogP contribution in [0.1, 0.15) is 7.13 Å². The minimum absolute atomic E-state index is 0. The molecule has 0 bridgehead atoms. The average molecular weight is 263 g/mol. The molecular formula is CH7K5O3. The molecule has 0 saturated heterocycles. The Morgan fingerprint density at radius 3 is 0.889 bits per heavy atom. The van der Waals surface area contributed by atoms with Crippen LogP contribution in [-0.4, -0.2) is 16.4 Å². The molecule has 0 aliphatic rings. The van der Waals surface area contributed by atoms with Crippen LogP contribution in [0.3, 0.4) is 0 Å². The van der Waals surface area contributed by atoms with Gasteiger partial charge in [-0.1, -0.05) is 0 Å². The van der Waals surface area contributed by atoms with Crippen LogP contribution in [0.5, 0.6) is 0 Å². The molecule has 0 aromatic heterocycles. The predicted molar refractivity (Wildman–Crippen MR) is 16.2 cm³/mol. The first kappa shape index (κ1) is 36.0. The topological polar surface area (TPSA) is 57.5 Å². The van der Waals surface area contributed by atoms with Gasteiger partial charge in [-0.05, 0) is 0 Å². The van der Waals surface area contributed by atoms with Crippen LogP contribution in [0.15, 0.2) is 0 Å². The molecule has 9 heavy (non-hydrogen) atoms. The molecule has 0 unspecified atom stereocenters. The third kappa shape index (κ3) is 50.4. The van der Waals surface area contributed by atoms with Crippen molar-refractivity contribution in [2.45, 2.75) is 0 Å².